The van der Waals surface area contributed by atoms with Crippen LogP contribution in [0.2, 0.25) is 0 Å². The molecule has 0 aliphatic carbocycles. The average molecular weight is 138 g/mol. The van der Waals surface area contributed by atoms with E-state index in [0.29, 0.717) is 6.61 Å². The minimum absolute atomic E-state index is 0.560. The molecule has 0 atom stereocenters. The van der Waals surface area contributed by atoms with Crippen LogP contribution in [0.15, 0.2) is 24.5 Å². The van der Waals surface area contributed by atoms with Gasteiger partial charge in [0.15, 0.2) is 0 Å². The van der Waals surface area contributed by atoms with Crippen molar-refractivity contribution >= 4 is 0 Å². The number of aromatic nitrogens is 1. The zero-order chi connectivity index (χ0) is 7.23. The summed E-state index contributed by atoms with van der Waals surface area (Å²) in [5, 5.41) is 0. The molecule has 0 aliphatic rings. The van der Waals surface area contributed by atoms with E-state index in [9.17, 15) is 0 Å². The fourth-order valence-corrected chi connectivity index (χ4v) is 0.639. The molecule has 3 nitrogen and oxygen atoms in total. The smallest absolute Gasteiger partial charge is 0.0947 e. The summed E-state index contributed by atoms with van der Waals surface area (Å²) in [6.45, 7) is 0.560. The van der Waals surface area contributed by atoms with Gasteiger partial charge < -0.3 is 0 Å². The molecule has 10 heavy (non-hydrogen) atoms. The third kappa shape index (κ3) is 2.13. The topological polar surface area (TPSA) is 34.1 Å². The zero-order valence-electron chi connectivity index (χ0n) is 5.87. The molecular formula is C7H10N2O. The second-order valence-corrected chi connectivity index (χ2v) is 1.85. The highest BCUT2D eigenvalue weighted by Crippen LogP contribution is 1.95. The number of nitrogens with one attached hydrogen (secondary N) is 1. The number of hydroxylamine groups is 1. The first kappa shape index (κ1) is 7.18. The number of nitrogens with zero attached hydrogens (tertiary/aromatic N) is 1. The van der Waals surface area contributed by atoms with Crippen LogP contribution in [-0.4, -0.2) is 12.0 Å². The lowest BCUT2D eigenvalue weighted by molar-refractivity contribution is 0.0443. The Labute approximate surface area is 60.0 Å². The lowest BCUT2D eigenvalue weighted by Crippen LogP contribution is -2.06. The maximum absolute atomic E-state index is 4.93. The van der Waals surface area contributed by atoms with Crippen molar-refractivity contribution in [1.82, 2.24) is 10.5 Å². The molecule has 0 bridgehead atoms. The molecule has 1 rings (SSSR count). The highest BCUT2D eigenvalue weighted by Gasteiger charge is 1.88. The first-order valence-corrected chi connectivity index (χ1v) is 3.11. The van der Waals surface area contributed by atoms with Gasteiger partial charge in [-0.25, -0.2) is 5.48 Å². The predicted molar refractivity (Wildman–Crippen MR) is 38.1 cm³/mol. The van der Waals surface area contributed by atoms with Crippen LogP contribution in [0.3, 0.4) is 0 Å². The molecule has 0 fully saturated rings. The summed E-state index contributed by atoms with van der Waals surface area (Å²) < 4.78 is 0. The van der Waals surface area contributed by atoms with Crippen molar-refractivity contribution in [3.8, 4) is 0 Å². The SMILES string of the molecule is CNOCc1cccnc1. The minimum Gasteiger partial charge on any atom is -0.297 e. The molecule has 0 saturated carbocycles. The summed E-state index contributed by atoms with van der Waals surface area (Å²) in [7, 11) is 1.73. The molecule has 0 aliphatic heterocycles. The average Bonchev–Trinajstić information content (AvgIpc) is 2.03. The zero-order valence-corrected chi connectivity index (χ0v) is 5.87. The van der Waals surface area contributed by atoms with Gasteiger partial charge in [-0.15, -0.1) is 0 Å². The Hall–Kier alpha value is -0.930. The summed E-state index contributed by atoms with van der Waals surface area (Å²) in [5.41, 5.74) is 3.65. The van der Waals surface area contributed by atoms with E-state index in [1.54, 1.807) is 19.4 Å². The Morgan fingerprint density at radius 3 is 3.20 bits per heavy atom. The number of hydrogen-bond donors (Lipinski definition) is 1. The van der Waals surface area contributed by atoms with Gasteiger partial charge >= 0.3 is 0 Å². The van der Waals surface area contributed by atoms with E-state index in [1.165, 1.54) is 0 Å². The van der Waals surface area contributed by atoms with Gasteiger partial charge in [0.05, 0.1) is 6.61 Å². The molecule has 1 N–H and O–H groups in total. The maximum Gasteiger partial charge on any atom is 0.0947 e. The van der Waals surface area contributed by atoms with E-state index >= 15 is 0 Å². The molecule has 3 heteroatoms. The first-order chi connectivity index (χ1) is 4.93. The molecule has 0 saturated heterocycles. The summed E-state index contributed by atoms with van der Waals surface area (Å²) in [6.07, 6.45) is 3.51. The fraction of sp³-hybridized carbons (Fsp3) is 0.286. The van der Waals surface area contributed by atoms with Crippen LogP contribution >= 0.6 is 0 Å². The molecule has 0 amide bonds. The van der Waals surface area contributed by atoms with Gasteiger partial charge in [0.1, 0.15) is 0 Å². The Morgan fingerprint density at radius 2 is 2.60 bits per heavy atom. The van der Waals surface area contributed by atoms with Crippen molar-refractivity contribution < 1.29 is 4.84 Å². The van der Waals surface area contributed by atoms with E-state index in [1.807, 2.05) is 12.1 Å². The van der Waals surface area contributed by atoms with Crippen molar-refractivity contribution in [2.45, 2.75) is 6.61 Å². The van der Waals surface area contributed by atoms with Gasteiger partial charge in [0.2, 0.25) is 0 Å². The molecule has 1 heterocycles. The van der Waals surface area contributed by atoms with Crippen LogP contribution in [0.1, 0.15) is 5.56 Å². The van der Waals surface area contributed by atoms with Crippen LogP contribution in [0.25, 0.3) is 0 Å². The van der Waals surface area contributed by atoms with Gasteiger partial charge in [0, 0.05) is 19.4 Å². The first-order valence-electron chi connectivity index (χ1n) is 3.11. The molecule has 54 valence electrons. The van der Waals surface area contributed by atoms with Crippen molar-refractivity contribution in [3.63, 3.8) is 0 Å². The van der Waals surface area contributed by atoms with E-state index < -0.39 is 0 Å². The van der Waals surface area contributed by atoms with Crippen LogP contribution < -0.4 is 5.48 Å². The largest absolute Gasteiger partial charge is 0.297 e. The van der Waals surface area contributed by atoms with E-state index in [-0.39, 0.29) is 0 Å². The summed E-state index contributed by atoms with van der Waals surface area (Å²) >= 11 is 0. The highest BCUT2D eigenvalue weighted by atomic mass is 16.6. The monoisotopic (exact) mass is 138 g/mol. The normalized spacial score (nSPS) is 9.70. The maximum atomic E-state index is 4.93. The Balaban J connectivity index is 2.43. The molecule has 1 aromatic heterocycles. The van der Waals surface area contributed by atoms with E-state index in [4.69, 9.17) is 4.84 Å². The van der Waals surface area contributed by atoms with Crippen molar-refractivity contribution in [2.24, 2.45) is 0 Å². The Morgan fingerprint density at radius 1 is 1.70 bits per heavy atom. The minimum atomic E-state index is 0.560. The Bertz CT molecular complexity index is 176. The molecule has 0 radical (unpaired) electrons. The quantitative estimate of drug-likeness (QED) is 0.625. The number of hydrogen-bond acceptors (Lipinski definition) is 3. The standard InChI is InChI=1S/C7H10N2O/c1-8-10-6-7-3-2-4-9-5-7/h2-5,8H,6H2,1H3. The Kier molecular flexibility index (Phi) is 2.86. The molecular weight excluding hydrogens is 128 g/mol. The van der Waals surface area contributed by atoms with Crippen LogP contribution in [0, 0.1) is 0 Å². The second-order valence-electron chi connectivity index (χ2n) is 1.85. The third-order valence-electron chi connectivity index (χ3n) is 1.11. The molecule has 0 spiro atoms. The predicted octanol–water partition coefficient (Wildman–Crippen LogP) is 0.733. The van der Waals surface area contributed by atoms with E-state index in [0.717, 1.165) is 5.56 Å². The van der Waals surface area contributed by atoms with Crippen LogP contribution in [0.5, 0.6) is 0 Å². The van der Waals surface area contributed by atoms with Gasteiger partial charge in [-0.1, -0.05) is 6.07 Å². The molecule has 0 aromatic carbocycles. The lowest BCUT2D eigenvalue weighted by Gasteiger charge is -1.98. The van der Waals surface area contributed by atoms with Crippen molar-refractivity contribution in [1.29, 1.82) is 0 Å². The van der Waals surface area contributed by atoms with Crippen molar-refractivity contribution in [2.75, 3.05) is 7.05 Å². The van der Waals surface area contributed by atoms with Gasteiger partial charge in [-0.3, -0.25) is 9.82 Å². The second kappa shape index (κ2) is 3.98. The lowest BCUT2D eigenvalue weighted by atomic mass is 10.3. The van der Waals surface area contributed by atoms with E-state index in [2.05, 4.69) is 10.5 Å². The fourth-order valence-electron chi connectivity index (χ4n) is 0.639. The summed E-state index contributed by atoms with van der Waals surface area (Å²) in [6, 6.07) is 3.85. The highest BCUT2D eigenvalue weighted by molar-refractivity contribution is 5.06. The van der Waals surface area contributed by atoms with Crippen LogP contribution in [-0.2, 0) is 11.4 Å². The molecule has 0 unspecified atom stereocenters. The van der Waals surface area contributed by atoms with Gasteiger partial charge in [-0.2, -0.15) is 0 Å². The van der Waals surface area contributed by atoms with Gasteiger partial charge in [0.25, 0.3) is 0 Å². The van der Waals surface area contributed by atoms with Crippen LogP contribution in [0.4, 0.5) is 0 Å². The number of pyridine rings is 1. The summed E-state index contributed by atoms with van der Waals surface area (Å²) in [4.78, 5) is 8.86. The van der Waals surface area contributed by atoms with Crippen molar-refractivity contribution in [3.05, 3.63) is 30.1 Å². The van der Waals surface area contributed by atoms with Gasteiger partial charge in [-0.05, 0) is 11.6 Å². The molecule has 1 aromatic rings. The third-order valence-corrected chi connectivity index (χ3v) is 1.11. The number of rotatable bonds is 3. The summed E-state index contributed by atoms with van der Waals surface area (Å²) in [5.74, 6) is 0.